The topological polar surface area (TPSA) is 46.6 Å². The van der Waals surface area contributed by atoms with Crippen LogP contribution in [0.25, 0.3) is 5.57 Å². The molecule has 0 atom stereocenters. The molecule has 4 nitrogen and oxygen atoms in total. The van der Waals surface area contributed by atoms with Gasteiger partial charge in [-0.25, -0.2) is 4.79 Å². The molecule has 0 aliphatic carbocycles. The molecule has 0 spiro atoms. The third kappa shape index (κ3) is 6.07. The molecule has 4 heteroatoms. The first kappa shape index (κ1) is 24.0. The quantitative estimate of drug-likeness (QED) is 0.341. The van der Waals surface area contributed by atoms with Crippen LogP contribution < -0.4 is 0 Å². The van der Waals surface area contributed by atoms with Gasteiger partial charge in [0.25, 0.3) is 5.91 Å². The van der Waals surface area contributed by atoms with Crippen molar-refractivity contribution in [3.8, 4) is 11.8 Å². The normalized spacial score (nSPS) is 12.7. The van der Waals surface area contributed by atoms with Crippen LogP contribution >= 0.6 is 0 Å². The molecule has 4 rings (SSSR count). The minimum Gasteiger partial charge on any atom is -0.456 e. The van der Waals surface area contributed by atoms with Gasteiger partial charge in [-0.2, -0.15) is 0 Å². The number of carbonyl (C=O) groups excluding carboxylic acids is 2. The smallest absolute Gasteiger partial charge is 0.338 e. The van der Waals surface area contributed by atoms with Crippen molar-refractivity contribution in [3.05, 3.63) is 112 Å². The van der Waals surface area contributed by atoms with Crippen molar-refractivity contribution >= 4 is 17.4 Å². The highest BCUT2D eigenvalue weighted by molar-refractivity contribution is 5.97. The molecule has 0 bridgehead atoms. The second-order valence-corrected chi connectivity index (χ2v) is 9.66. The number of rotatable bonds is 3. The summed E-state index contributed by atoms with van der Waals surface area (Å²) in [5.74, 6) is 5.97. The standard InChI is InChI=1S/C31H29NO3/c1-22-20-32(29(33)25-14-16-26(17-15-25)30(34)35-31(2,3)4)21-27-19-24(13-18-28(22)27)12-8-11-23-9-6-5-7-10-23/h5-7,9-10,13-20H,11,21H2,1-4H3. The molecular weight excluding hydrogens is 434 g/mol. The summed E-state index contributed by atoms with van der Waals surface area (Å²) in [6.45, 7) is 7.95. The minimum absolute atomic E-state index is 0.119. The molecule has 3 aromatic rings. The van der Waals surface area contributed by atoms with E-state index in [0.717, 1.165) is 22.3 Å². The molecule has 1 heterocycles. The van der Waals surface area contributed by atoms with Crippen molar-refractivity contribution < 1.29 is 14.3 Å². The van der Waals surface area contributed by atoms with Crippen molar-refractivity contribution in [2.45, 2.75) is 46.3 Å². The molecule has 0 N–H and O–H groups in total. The van der Waals surface area contributed by atoms with Crippen LogP contribution in [0.4, 0.5) is 0 Å². The number of nitrogens with zero attached hydrogens (tertiary/aromatic N) is 1. The van der Waals surface area contributed by atoms with E-state index in [-0.39, 0.29) is 5.91 Å². The fourth-order valence-corrected chi connectivity index (χ4v) is 3.95. The molecule has 1 amide bonds. The van der Waals surface area contributed by atoms with Gasteiger partial charge in [0.05, 0.1) is 12.1 Å². The Kier molecular flexibility index (Phi) is 6.89. The molecule has 0 radical (unpaired) electrons. The second-order valence-electron chi connectivity index (χ2n) is 9.66. The lowest BCUT2D eigenvalue weighted by atomic mass is 9.95. The minimum atomic E-state index is -0.570. The summed E-state index contributed by atoms with van der Waals surface area (Å²) in [4.78, 5) is 27.2. The number of hydrogen-bond acceptors (Lipinski definition) is 3. The average molecular weight is 464 g/mol. The zero-order chi connectivity index (χ0) is 25.0. The Morgan fingerprint density at radius 3 is 2.31 bits per heavy atom. The van der Waals surface area contributed by atoms with Crippen LogP contribution in [0, 0.1) is 11.8 Å². The fourth-order valence-electron chi connectivity index (χ4n) is 3.95. The number of fused-ring (bicyclic) bond motifs is 1. The van der Waals surface area contributed by atoms with Crippen molar-refractivity contribution in [2.24, 2.45) is 0 Å². The SMILES string of the molecule is CC1=CN(C(=O)c2ccc(C(=O)OC(C)(C)C)cc2)Cc2cc(C#CCc3ccccc3)ccc21. The Balaban J connectivity index is 1.48. The molecule has 3 aromatic carbocycles. The number of hydrogen-bond donors (Lipinski definition) is 0. The highest BCUT2D eigenvalue weighted by Gasteiger charge is 2.22. The fraction of sp³-hybridized carbons (Fsp3) is 0.226. The maximum atomic E-state index is 13.2. The Morgan fingerprint density at radius 1 is 0.943 bits per heavy atom. The summed E-state index contributed by atoms with van der Waals surface area (Å²) in [5.41, 5.74) is 5.70. The summed E-state index contributed by atoms with van der Waals surface area (Å²) < 4.78 is 5.40. The van der Waals surface area contributed by atoms with E-state index in [4.69, 9.17) is 4.74 Å². The molecule has 0 fully saturated rings. The van der Waals surface area contributed by atoms with Crippen LogP contribution in [0.3, 0.4) is 0 Å². The lowest BCUT2D eigenvalue weighted by Gasteiger charge is -2.26. The van der Waals surface area contributed by atoms with Gasteiger partial charge in [-0.3, -0.25) is 4.79 Å². The van der Waals surface area contributed by atoms with Gasteiger partial charge in [0, 0.05) is 23.7 Å². The van der Waals surface area contributed by atoms with Gasteiger partial charge in [0.1, 0.15) is 5.60 Å². The highest BCUT2D eigenvalue weighted by atomic mass is 16.6. The zero-order valence-electron chi connectivity index (χ0n) is 20.6. The predicted octanol–water partition coefficient (Wildman–Crippen LogP) is 6.25. The van der Waals surface area contributed by atoms with Gasteiger partial charge in [-0.05, 0) is 86.4 Å². The maximum absolute atomic E-state index is 13.2. The van der Waals surface area contributed by atoms with Crippen LogP contribution in [0.15, 0.2) is 79.0 Å². The van der Waals surface area contributed by atoms with Gasteiger partial charge in [-0.1, -0.05) is 48.2 Å². The molecule has 0 aromatic heterocycles. The van der Waals surface area contributed by atoms with Gasteiger partial charge < -0.3 is 9.64 Å². The van der Waals surface area contributed by atoms with Crippen molar-refractivity contribution in [2.75, 3.05) is 0 Å². The molecule has 1 aliphatic rings. The lowest BCUT2D eigenvalue weighted by Crippen LogP contribution is -2.28. The number of amides is 1. The highest BCUT2D eigenvalue weighted by Crippen LogP contribution is 2.28. The van der Waals surface area contributed by atoms with Crippen molar-refractivity contribution in [1.82, 2.24) is 4.90 Å². The molecule has 1 aliphatic heterocycles. The van der Waals surface area contributed by atoms with E-state index >= 15 is 0 Å². The Labute approximate surface area is 207 Å². The molecule has 0 saturated heterocycles. The monoisotopic (exact) mass is 463 g/mol. The van der Waals surface area contributed by atoms with E-state index in [1.807, 2.05) is 58.2 Å². The van der Waals surface area contributed by atoms with E-state index in [1.54, 1.807) is 29.2 Å². The van der Waals surface area contributed by atoms with Crippen molar-refractivity contribution in [3.63, 3.8) is 0 Å². The second kappa shape index (κ2) is 10.0. The first-order chi connectivity index (χ1) is 16.7. The maximum Gasteiger partial charge on any atom is 0.338 e. The Bertz CT molecular complexity index is 1330. The number of carbonyl (C=O) groups is 2. The first-order valence-electron chi connectivity index (χ1n) is 11.7. The van der Waals surface area contributed by atoms with E-state index < -0.39 is 11.6 Å². The molecule has 0 saturated carbocycles. The van der Waals surface area contributed by atoms with Gasteiger partial charge >= 0.3 is 5.97 Å². The Morgan fingerprint density at radius 2 is 1.63 bits per heavy atom. The predicted molar refractivity (Wildman–Crippen MR) is 139 cm³/mol. The largest absolute Gasteiger partial charge is 0.456 e. The van der Waals surface area contributed by atoms with Crippen LogP contribution in [-0.4, -0.2) is 22.4 Å². The number of esters is 1. The van der Waals surface area contributed by atoms with E-state index in [9.17, 15) is 9.59 Å². The van der Waals surface area contributed by atoms with E-state index in [2.05, 4.69) is 36.1 Å². The number of allylic oxidation sites excluding steroid dienone is 1. The third-order valence-corrected chi connectivity index (χ3v) is 5.62. The summed E-state index contributed by atoms with van der Waals surface area (Å²) in [6, 6.07) is 23.0. The molecule has 35 heavy (non-hydrogen) atoms. The van der Waals surface area contributed by atoms with Gasteiger partial charge in [-0.15, -0.1) is 0 Å². The van der Waals surface area contributed by atoms with Crippen LogP contribution in [0.2, 0.25) is 0 Å². The van der Waals surface area contributed by atoms with Gasteiger partial charge in [0.15, 0.2) is 0 Å². The van der Waals surface area contributed by atoms with E-state index in [1.165, 1.54) is 5.56 Å². The summed E-state index contributed by atoms with van der Waals surface area (Å²) in [5, 5.41) is 0. The van der Waals surface area contributed by atoms with Crippen molar-refractivity contribution in [1.29, 1.82) is 0 Å². The summed E-state index contributed by atoms with van der Waals surface area (Å²) in [7, 11) is 0. The van der Waals surface area contributed by atoms with Gasteiger partial charge in [0.2, 0.25) is 0 Å². The molecular formula is C31H29NO3. The molecule has 176 valence electrons. The lowest BCUT2D eigenvalue weighted by molar-refractivity contribution is 0.00692. The molecule has 0 unspecified atom stereocenters. The van der Waals surface area contributed by atoms with Crippen LogP contribution in [0.1, 0.15) is 70.7 Å². The Hall–Kier alpha value is -4.10. The van der Waals surface area contributed by atoms with Crippen LogP contribution in [0.5, 0.6) is 0 Å². The summed E-state index contributed by atoms with van der Waals surface area (Å²) >= 11 is 0. The number of benzene rings is 3. The average Bonchev–Trinajstić information content (AvgIpc) is 2.83. The van der Waals surface area contributed by atoms with Crippen LogP contribution in [-0.2, 0) is 17.7 Å². The summed E-state index contributed by atoms with van der Waals surface area (Å²) in [6.07, 6.45) is 2.58. The third-order valence-electron chi connectivity index (χ3n) is 5.62. The first-order valence-corrected chi connectivity index (χ1v) is 11.7. The number of ether oxygens (including phenoxy) is 1. The van der Waals surface area contributed by atoms with E-state index in [0.29, 0.717) is 24.1 Å². The zero-order valence-corrected chi connectivity index (χ0v) is 20.6.